The molecule has 0 saturated heterocycles. The summed E-state index contributed by atoms with van der Waals surface area (Å²) >= 11 is 1.12. The van der Waals surface area contributed by atoms with E-state index in [-0.39, 0.29) is 5.91 Å². The molecule has 4 heteroatoms. The molecule has 0 radical (unpaired) electrons. The first-order valence-corrected chi connectivity index (χ1v) is 4.16. The van der Waals surface area contributed by atoms with Crippen molar-refractivity contribution in [1.82, 2.24) is 5.48 Å². The molecule has 0 fully saturated rings. The van der Waals surface area contributed by atoms with E-state index in [4.69, 9.17) is 5.21 Å². The maximum atomic E-state index is 10.5. The summed E-state index contributed by atoms with van der Waals surface area (Å²) < 4.78 is 0.750. The Balaban J connectivity index is 3.60. The van der Waals surface area contributed by atoms with Gasteiger partial charge in [0.1, 0.15) is 0 Å². The van der Waals surface area contributed by atoms with Gasteiger partial charge in [0.05, 0.1) is 0 Å². The van der Waals surface area contributed by atoms with E-state index in [1.54, 1.807) is 5.48 Å². The average Bonchev–Trinajstić information content (AvgIpc) is 1.87. The van der Waals surface area contributed by atoms with E-state index in [2.05, 4.69) is 0 Å². The third-order valence-electron chi connectivity index (χ3n) is 0.832. The molecule has 0 aromatic rings. The second-order valence-electron chi connectivity index (χ2n) is 1.61. The molecular weight excluding hydrogens is 290 g/mol. The van der Waals surface area contributed by atoms with E-state index in [0.29, 0.717) is 0 Å². The molecule has 0 rings (SSSR count). The molecule has 0 heterocycles. The van der Waals surface area contributed by atoms with Crippen LogP contribution in [0.1, 0.15) is 19.8 Å². The Bertz CT molecular complexity index is 124. The van der Waals surface area contributed by atoms with Gasteiger partial charge in [-0.15, -0.1) is 0 Å². The van der Waals surface area contributed by atoms with Gasteiger partial charge in [0.2, 0.25) is 0 Å². The quantitative estimate of drug-likeness (QED) is 0.570. The number of rotatable bonds is 3. The molecule has 0 atom stereocenters. The Morgan fingerprint density at radius 2 is 2.33 bits per heavy atom. The summed E-state index contributed by atoms with van der Waals surface area (Å²) in [5, 5.41) is 8.12. The van der Waals surface area contributed by atoms with E-state index in [1.807, 2.05) is 6.92 Å². The zero-order valence-electron chi connectivity index (χ0n) is 5.18. The molecule has 0 saturated carbocycles. The number of carbonyl (C=O) groups is 1. The van der Waals surface area contributed by atoms with Crippen molar-refractivity contribution in [1.29, 1.82) is 0 Å². The molecule has 3 nitrogen and oxygen atoms in total. The predicted molar refractivity (Wildman–Crippen MR) is 29.8 cm³/mol. The third kappa shape index (κ3) is 3.55. The van der Waals surface area contributed by atoms with Crippen molar-refractivity contribution in [2.45, 2.75) is 19.8 Å². The van der Waals surface area contributed by atoms with Crippen LogP contribution in [0, 0.1) is 0 Å². The summed E-state index contributed by atoms with van der Waals surface area (Å²) in [5.74, 6) is -0.341. The molecule has 0 spiro atoms. The van der Waals surface area contributed by atoms with Gasteiger partial charge in [-0.25, -0.2) is 0 Å². The Hall–Kier alpha value is -0.0117. The van der Waals surface area contributed by atoms with Crippen LogP contribution in [0.15, 0.2) is 0 Å². The van der Waals surface area contributed by atoms with Gasteiger partial charge >= 0.3 is 64.4 Å². The van der Waals surface area contributed by atoms with E-state index in [1.165, 1.54) is 0 Å². The molecule has 0 aliphatic rings. The molecule has 1 amide bonds. The fraction of sp³-hybridized carbons (Fsp3) is 0.600. The van der Waals surface area contributed by atoms with Gasteiger partial charge in [0, 0.05) is 0 Å². The van der Waals surface area contributed by atoms with Crippen LogP contribution in [0.2, 0.25) is 0 Å². The fourth-order valence-electron chi connectivity index (χ4n) is 0.403. The number of hydrogen-bond donors (Lipinski definition) is 2. The van der Waals surface area contributed by atoms with Crippen molar-refractivity contribution >= 4 is 9.81 Å². The predicted octanol–water partition coefficient (Wildman–Crippen LogP) is 0.0111. The van der Waals surface area contributed by atoms with Gasteiger partial charge in [0.15, 0.2) is 0 Å². The Morgan fingerprint density at radius 3 is 2.67 bits per heavy atom. The number of hydroxylamine groups is 1. The summed E-state index contributed by atoms with van der Waals surface area (Å²) in [7, 11) is 0. The van der Waals surface area contributed by atoms with Crippen LogP contribution in [0.4, 0.5) is 0 Å². The minimum absolute atomic E-state index is 0.341. The van der Waals surface area contributed by atoms with Crippen molar-refractivity contribution in [3.8, 4) is 0 Å². The first kappa shape index (κ1) is 8.99. The first-order valence-electron chi connectivity index (χ1n) is 2.69. The monoisotopic (exact) mass is 299 g/mol. The van der Waals surface area contributed by atoms with Crippen LogP contribution in [0.25, 0.3) is 0 Å². The van der Waals surface area contributed by atoms with E-state index < -0.39 is 0 Å². The van der Waals surface area contributed by atoms with Crippen molar-refractivity contribution in [2.75, 3.05) is 0 Å². The van der Waals surface area contributed by atoms with Crippen LogP contribution >= 0.6 is 0 Å². The van der Waals surface area contributed by atoms with E-state index in [0.717, 1.165) is 36.1 Å². The summed E-state index contributed by atoms with van der Waals surface area (Å²) in [6.07, 6.45) is 1.73. The van der Waals surface area contributed by atoms with Crippen LogP contribution in [-0.4, -0.2) is 15.0 Å². The average molecular weight is 299 g/mol. The molecule has 0 aliphatic carbocycles. The first-order chi connectivity index (χ1) is 4.22. The van der Waals surface area contributed by atoms with Crippen LogP contribution < -0.4 is 5.48 Å². The van der Waals surface area contributed by atoms with E-state index in [9.17, 15) is 4.79 Å². The summed E-state index contributed by atoms with van der Waals surface area (Å²) in [6, 6.07) is 0. The minimum atomic E-state index is -0.341. The molecule has 0 aliphatic heterocycles. The molecule has 52 valence electrons. The number of nitrogens with one attached hydrogen (secondary N) is 1. The van der Waals surface area contributed by atoms with Crippen LogP contribution in [0.5, 0.6) is 0 Å². The zero-order valence-corrected chi connectivity index (χ0v) is 8.11. The van der Waals surface area contributed by atoms with Crippen LogP contribution in [-0.2, 0) is 24.1 Å². The zero-order chi connectivity index (χ0) is 7.28. The molecule has 0 bridgehead atoms. The molecule has 0 unspecified atom stereocenters. The molecular formula is C5H9NO2W. The third-order valence-corrected chi connectivity index (χ3v) is 2.23. The standard InChI is InChI=1S/C5H9NO2.W/c1-2-3-4-5(7)6-8;/h8H,2-3H2,1H3,(H,6,7);. The number of amides is 1. The van der Waals surface area contributed by atoms with Crippen molar-refractivity contribution in [2.24, 2.45) is 0 Å². The normalized spacial score (nSPS) is 8.67. The topological polar surface area (TPSA) is 49.3 Å². The van der Waals surface area contributed by atoms with Gasteiger partial charge in [-0.1, -0.05) is 0 Å². The van der Waals surface area contributed by atoms with Crippen LogP contribution in [0.3, 0.4) is 0 Å². The summed E-state index contributed by atoms with van der Waals surface area (Å²) in [6.45, 7) is 1.99. The second kappa shape index (κ2) is 4.83. The van der Waals surface area contributed by atoms with Crippen molar-refractivity contribution in [3.63, 3.8) is 0 Å². The molecule has 2 N–H and O–H groups in total. The SMILES string of the molecule is CCC[C](=[W])C(=O)NO. The number of carbonyl (C=O) groups excluding carboxylic acids is 1. The Kier molecular flexibility index (Phi) is 4.82. The summed E-state index contributed by atoms with van der Waals surface area (Å²) in [4.78, 5) is 10.5. The maximum absolute atomic E-state index is 10.5. The van der Waals surface area contributed by atoms with Crippen molar-refractivity contribution in [3.05, 3.63) is 0 Å². The fourth-order valence-corrected chi connectivity index (χ4v) is 1.30. The van der Waals surface area contributed by atoms with Gasteiger partial charge in [-0.2, -0.15) is 0 Å². The molecule has 9 heavy (non-hydrogen) atoms. The Morgan fingerprint density at radius 1 is 1.78 bits per heavy atom. The van der Waals surface area contributed by atoms with Gasteiger partial charge in [-0.05, 0) is 0 Å². The number of hydrogen-bond acceptors (Lipinski definition) is 2. The van der Waals surface area contributed by atoms with Gasteiger partial charge < -0.3 is 0 Å². The second-order valence-corrected chi connectivity index (χ2v) is 3.38. The molecule has 0 aromatic heterocycles. The molecule has 0 aromatic carbocycles. The van der Waals surface area contributed by atoms with Crippen molar-refractivity contribution < 1.29 is 29.4 Å². The van der Waals surface area contributed by atoms with Gasteiger partial charge in [-0.3, -0.25) is 0 Å². The summed E-state index contributed by atoms with van der Waals surface area (Å²) in [5.41, 5.74) is 1.59. The Labute approximate surface area is 64.8 Å². The van der Waals surface area contributed by atoms with Gasteiger partial charge in [0.25, 0.3) is 0 Å². The van der Waals surface area contributed by atoms with E-state index >= 15 is 0 Å².